The number of rotatable bonds is 2. The lowest BCUT2D eigenvalue weighted by Crippen LogP contribution is -2.25. The summed E-state index contributed by atoms with van der Waals surface area (Å²) in [6, 6.07) is 3.27. The number of pyridine rings is 1. The van der Waals surface area contributed by atoms with Crippen molar-refractivity contribution in [1.29, 1.82) is 0 Å². The van der Waals surface area contributed by atoms with Crippen LogP contribution in [-0.2, 0) is 0 Å². The molecule has 2 saturated heterocycles. The molecule has 2 atom stereocenters. The molecule has 2 unspecified atom stereocenters. The lowest BCUT2D eigenvalue weighted by Gasteiger charge is -2.17. The summed E-state index contributed by atoms with van der Waals surface area (Å²) in [5.41, 5.74) is 0.991. The molecule has 0 saturated carbocycles. The van der Waals surface area contributed by atoms with E-state index in [1.165, 1.54) is 6.07 Å². The fraction of sp³-hybridized carbons (Fsp3) is 0.545. The summed E-state index contributed by atoms with van der Waals surface area (Å²) in [6.07, 6.45) is 1.60. The van der Waals surface area contributed by atoms with Gasteiger partial charge < -0.3 is 20.3 Å². The van der Waals surface area contributed by atoms with E-state index in [0.717, 1.165) is 31.9 Å². The zero-order valence-corrected chi connectivity index (χ0v) is 9.37. The maximum atomic E-state index is 10.5. The molecule has 1 N–H and O–H groups in total. The molecule has 0 amide bonds. The lowest BCUT2D eigenvalue weighted by molar-refractivity contribution is -0.389. The van der Waals surface area contributed by atoms with E-state index < -0.39 is 4.92 Å². The van der Waals surface area contributed by atoms with Crippen molar-refractivity contribution < 1.29 is 4.92 Å². The molecule has 90 valence electrons. The summed E-state index contributed by atoms with van der Waals surface area (Å²) < 4.78 is 0. The first-order valence-electron chi connectivity index (χ1n) is 5.80. The van der Waals surface area contributed by atoms with Crippen LogP contribution in [0, 0.1) is 22.0 Å². The third-order valence-electron chi connectivity index (χ3n) is 3.67. The van der Waals surface area contributed by atoms with Crippen molar-refractivity contribution in [3.8, 4) is 0 Å². The van der Waals surface area contributed by atoms with E-state index in [1.807, 2.05) is 0 Å². The quantitative estimate of drug-likeness (QED) is 0.600. The molecule has 0 spiro atoms. The van der Waals surface area contributed by atoms with Crippen LogP contribution < -0.4 is 10.2 Å². The molecule has 1 aromatic rings. The average Bonchev–Trinajstić information content (AvgIpc) is 2.89. The van der Waals surface area contributed by atoms with Crippen LogP contribution >= 0.6 is 0 Å². The topological polar surface area (TPSA) is 71.3 Å². The van der Waals surface area contributed by atoms with Gasteiger partial charge in [0.2, 0.25) is 0 Å². The maximum absolute atomic E-state index is 10.5. The van der Waals surface area contributed by atoms with Gasteiger partial charge in [-0.05, 0) is 27.8 Å². The highest BCUT2D eigenvalue weighted by molar-refractivity contribution is 5.48. The minimum absolute atomic E-state index is 0.0881. The van der Waals surface area contributed by atoms with Gasteiger partial charge in [-0.3, -0.25) is 0 Å². The average molecular weight is 234 g/mol. The third-order valence-corrected chi connectivity index (χ3v) is 3.67. The third kappa shape index (κ3) is 1.84. The van der Waals surface area contributed by atoms with Gasteiger partial charge in [-0.2, -0.15) is 0 Å². The van der Waals surface area contributed by atoms with Crippen molar-refractivity contribution in [2.75, 3.05) is 31.1 Å². The van der Waals surface area contributed by atoms with E-state index in [4.69, 9.17) is 0 Å². The molecular formula is C11H14N4O2. The van der Waals surface area contributed by atoms with E-state index in [-0.39, 0.29) is 5.82 Å². The Morgan fingerprint density at radius 2 is 2.06 bits per heavy atom. The van der Waals surface area contributed by atoms with Crippen molar-refractivity contribution in [3.63, 3.8) is 0 Å². The van der Waals surface area contributed by atoms with Crippen LogP contribution in [0.4, 0.5) is 11.5 Å². The van der Waals surface area contributed by atoms with E-state index in [1.54, 1.807) is 12.3 Å². The second-order valence-electron chi connectivity index (χ2n) is 4.72. The maximum Gasteiger partial charge on any atom is 0.363 e. The number of nitro groups is 1. The minimum atomic E-state index is -0.466. The first kappa shape index (κ1) is 10.5. The molecule has 1 aromatic heterocycles. The Kier molecular flexibility index (Phi) is 2.44. The van der Waals surface area contributed by atoms with Crippen LogP contribution in [0.5, 0.6) is 0 Å². The molecule has 2 aliphatic heterocycles. The Balaban J connectivity index is 1.75. The molecule has 0 bridgehead atoms. The monoisotopic (exact) mass is 234 g/mol. The predicted molar refractivity (Wildman–Crippen MR) is 63.0 cm³/mol. The Morgan fingerprint density at radius 1 is 1.35 bits per heavy atom. The van der Waals surface area contributed by atoms with E-state index >= 15 is 0 Å². The smallest absolute Gasteiger partial charge is 0.363 e. The minimum Gasteiger partial charge on any atom is -0.368 e. The Hall–Kier alpha value is -1.69. The number of aromatic nitrogens is 1. The summed E-state index contributed by atoms with van der Waals surface area (Å²) >= 11 is 0. The van der Waals surface area contributed by atoms with Crippen molar-refractivity contribution in [3.05, 3.63) is 28.4 Å². The molecule has 2 fully saturated rings. The highest BCUT2D eigenvalue weighted by Gasteiger charge is 2.36. The normalized spacial score (nSPS) is 27.2. The number of anilines is 1. The van der Waals surface area contributed by atoms with Crippen LogP contribution in [0.15, 0.2) is 18.3 Å². The van der Waals surface area contributed by atoms with E-state index in [9.17, 15) is 10.1 Å². The summed E-state index contributed by atoms with van der Waals surface area (Å²) in [6.45, 7) is 4.22. The number of nitrogens with zero attached hydrogens (tertiary/aromatic N) is 3. The lowest BCUT2D eigenvalue weighted by atomic mass is 10.0. The Bertz CT molecular complexity index is 422. The molecule has 3 rings (SSSR count). The van der Waals surface area contributed by atoms with E-state index in [0.29, 0.717) is 11.8 Å². The van der Waals surface area contributed by atoms with Crippen molar-refractivity contribution >= 4 is 11.5 Å². The van der Waals surface area contributed by atoms with Gasteiger partial charge in [-0.1, -0.05) is 0 Å². The largest absolute Gasteiger partial charge is 0.368 e. The summed E-state index contributed by atoms with van der Waals surface area (Å²) in [4.78, 5) is 16.2. The van der Waals surface area contributed by atoms with Crippen LogP contribution in [0.3, 0.4) is 0 Å². The van der Waals surface area contributed by atoms with Gasteiger partial charge in [0, 0.05) is 32.2 Å². The molecule has 6 heteroatoms. The van der Waals surface area contributed by atoms with Crippen LogP contribution in [0.25, 0.3) is 0 Å². The zero-order valence-electron chi connectivity index (χ0n) is 9.37. The molecule has 3 heterocycles. The van der Waals surface area contributed by atoms with Gasteiger partial charge in [0.05, 0.1) is 5.69 Å². The number of hydrogen-bond donors (Lipinski definition) is 1. The standard InChI is InChI=1S/C11H14N4O2/c16-15(17)11-2-1-10(5-13-11)14-6-8-3-12-4-9(8)7-14/h1-2,5,8-9,12H,3-4,6-7H2. The second kappa shape index (κ2) is 3.96. The SMILES string of the molecule is O=[N+]([O-])c1ccc(N2CC3CNCC3C2)cn1. The van der Waals surface area contributed by atoms with Gasteiger partial charge >= 0.3 is 5.82 Å². The highest BCUT2D eigenvalue weighted by Crippen LogP contribution is 2.30. The molecule has 0 aliphatic carbocycles. The van der Waals surface area contributed by atoms with Gasteiger partial charge in [-0.15, -0.1) is 0 Å². The highest BCUT2D eigenvalue weighted by atomic mass is 16.6. The molecule has 17 heavy (non-hydrogen) atoms. The van der Waals surface area contributed by atoms with Crippen molar-refractivity contribution in [1.82, 2.24) is 10.3 Å². The van der Waals surface area contributed by atoms with Crippen molar-refractivity contribution in [2.24, 2.45) is 11.8 Å². The van der Waals surface area contributed by atoms with Crippen LogP contribution in [0.1, 0.15) is 0 Å². The Labute approximate surface area is 98.8 Å². The van der Waals surface area contributed by atoms with Gasteiger partial charge in [0.15, 0.2) is 6.20 Å². The van der Waals surface area contributed by atoms with E-state index in [2.05, 4.69) is 15.2 Å². The number of fused-ring (bicyclic) bond motifs is 1. The molecule has 0 aromatic carbocycles. The second-order valence-corrected chi connectivity index (χ2v) is 4.72. The summed E-state index contributed by atoms with van der Waals surface area (Å²) in [5.74, 6) is 1.34. The molecule has 0 radical (unpaired) electrons. The molecule has 6 nitrogen and oxygen atoms in total. The summed E-state index contributed by atoms with van der Waals surface area (Å²) in [5, 5.41) is 13.9. The first-order chi connectivity index (χ1) is 8.24. The van der Waals surface area contributed by atoms with Crippen LogP contribution in [0.2, 0.25) is 0 Å². The van der Waals surface area contributed by atoms with Crippen LogP contribution in [-0.4, -0.2) is 36.1 Å². The Morgan fingerprint density at radius 3 is 2.59 bits per heavy atom. The van der Waals surface area contributed by atoms with Crippen molar-refractivity contribution in [2.45, 2.75) is 0 Å². The fourth-order valence-corrected chi connectivity index (χ4v) is 2.74. The number of hydrogen-bond acceptors (Lipinski definition) is 5. The van der Waals surface area contributed by atoms with Gasteiger partial charge in [0.1, 0.15) is 0 Å². The van der Waals surface area contributed by atoms with Gasteiger partial charge in [0.25, 0.3) is 0 Å². The van der Waals surface area contributed by atoms with Gasteiger partial charge in [-0.25, -0.2) is 0 Å². The summed E-state index contributed by atoms with van der Waals surface area (Å²) in [7, 11) is 0. The fourth-order valence-electron chi connectivity index (χ4n) is 2.74. The molecular weight excluding hydrogens is 220 g/mol. The zero-order chi connectivity index (χ0) is 11.8. The molecule has 2 aliphatic rings. The number of nitrogens with one attached hydrogen (secondary N) is 1. The predicted octanol–water partition coefficient (Wildman–Crippen LogP) is 0.645. The first-order valence-corrected chi connectivity index (χ1v) is 5.80.